The van der Waals surface area contributed by atoms with Crippen molar-refractivity contribution in [3.63, 3.8) is 0 Å². The molecule has 0 atom stereocenters. The maximum atomic E-state index is 13.2. The van der Waals surface area contributed by atoms with Gasteiger partial charge in [-0.15, -0.1) is 11.3 Å². The van der Waals surface area contributed by atoms with E-state index in [4.69, 9.17) is 14.5 Å². The fourth-order valence-corrected chi connectivity index (χ4v) is 5.31. The number of methoxy groups -OCH3 is 1. The molecule has 0 bridgehead atoms. The molecule has 10 heteroatoms. The average molecular weight is 570 g/mol. The number of hydrogen-bond acceptors (Lipinski definition) is 6. The standard InChI is InChI=1S/C30H28N4O3S.CH3NO/c1-4-18-34-24-15-14-21(33(2)29(36)20-10-6-5-7-11-20)19-23(24)31-30(34)32-28(35)27-17-16-26(38-27)22-12-8-9-13-25(22)37-3;2-1-3/h5-17,19H,4,18H2,1-3H3,(H,31,32,35);1H,(H2,2,3). The zero-order valence-corrected chi connectivity index (χ0v) is 23.9. The molecule has 0 saturated heterocycles. The minimum atomic E-state index is -0.222. The Morgan fingerprint density at radius 3 is 2.46 bits per heavy atom. The van der Waals surface area contributed by atoms with Gasteiger partial charge in [0, 0.05) is 35.3 Å². The summed E-state index contributed by atoms with van der Waals surface area (Å²) in [7, 11) is 3.39. The summed E-state index contributed by atoms with van der Waals surface area (Å²) in [6.07, 6.45) is 1.12. The van der Waals surface area contributed by atoms with E-state index in [9.17, 15) is 9.59 Å². The largest absolute Gasteiger partial charge is 0.496 e. The molecule has 0 saturated carbocycles. The van der Waals surface area contributed by atoms with Crippen LogP contribution in [0.5, 0.6) is 5.75 Å². The van der Waals surface area contributed by atoms with E-state index < -0.39 is 0 Å². The lowest BCUT2D eigenvalue weighted by Gasteiger charge is -2.17. The number of aryl methyl sites for hydroxylation is 1. The first kappa shape index (κ1) is 29.0. The summed E-state index contributed by atoms with van der Waals surface area (Å²) in [4.78, 5) is 42.6. The fourth-order valence-electron chi connectivity index (χ4n) is 4.38. The Balaban J connectivity index is 0.00000124. The number of anilines is 2. The Morgan fingerprint density at radius 1 is 1.05 bits per heavy atom. The van der Waals surface area contributed by atoms with Crippen molar-refractivity contribution in [2.75, 3.05) is 24.4 Å². The smallest absolute Gasteiger partial charge is 0.268 e. The number of nitrogens with zero attached hydrogens (tertiary/aromatic N) is 3. The number of fused-ring (bicyclic) bond motifs is 1. The van der Waals surface area contributed by atoms with Crippen molar-refractivity contribution in [1.82, 2.24) is 9.55 Å². The normalized spacial score (nSPS) is 10.4. The molecule has 0 fully saturated rings. The summed E-state index contributed by atoms with van der Waals surface area (Å²) in [5.74, 6) is 0.918. The van der Waals surface area contributed by atoms with Gasteiger partial charge in [0.2, 0.25) is 12.4 Å². The van der Waals surface area contributed by atoms with Gasteiger partial charge in [0.15, 0.2) is 0 Å². The lowest BCUT2D eigenvalue weighted by atomic mass is 10.1. The maximum Gasteiger partial charge on any atom is 0.268 e. The highest BCUT2D eigenvalue weighted by molar-refractivity contribution is 7.17. The maximum absolute atomic E-state index is 13.2. The molecule has 0 unspecified atom stereocenters. The molecule has 3 N–H and O–H groups in total. The number of rotatable bonds is 8. The third-order valence-corrected chi connectivity index (χ3v) is 7.44. The van der Waals surface area contributed by atoms with Gasteiger partial charge in [0.05, 0.1) is 23.0 Å². The molecule has 2 heterocycles. The van der Waals surface area contributed by atoms with Crippen molar-refractivity contribution in [1.29, 1.82) is 0 Å². The van der Waals surface area contributed by atoms with E-state index in [1.807, 2.05) is 77.4 Å². The molecule has 5 aromatic rings. The Hall–Kier alpha value is -4.96. The molecule has 0 spiro atoms. The number of amides is 3. The van der Waals surface area contributed by atoms with E-state index in [0.717, 1.165) is 33.8 Å². The van der Waals surface area contributed by atoms with Gasteiger partial charge in [-0.3, -0.25) is 19.7 Å². The Morgan fingerprint density at radius 2 is 1.76 bits per heavy atom. The summed E-state index contributed by atoms with van der Waals surface area (Å²) < 4.78 is 7.48. The van der Waals surface area contributed by atoms with Crippen LogP contribution in [0.1, 0.15) is 33.4 Å². The van der Waals surface area contributed by atoms with Crippen molar-refractivity contribution in [2.45, 2.75) is 19.9 Å². The molecule has 210 valence electrons. The number of carbonyl (C=O) groups is 3. The van der Waals surface area contributed by atoms with E-state index in [2.05, 4.69) is 18.0 Å². The van der Waals surface area contributed by atoms with Crippen molar-refractivity contribution in [3.05, 3.63) is 95.4 Å². The first-order valence-corrected chi connectivity index (χ1v) is 13.8. The van der Waals surface area contributed by atoms with E-state index >= 15 is 0 Å². The predicted molar refractivity (Wildman–Crippen MR) is 164 cm³/mol. The fraction of sp³-hybridized carbons (Fsp3) is 0.161. The Kier molecular flexibility index (Phi) is 9.49. The zero-order valence-electron chi connectivity index (χ0n) is 23.0. The molecule has 3 aromatic carbocycles. The first-order chi connectivity index (χ1) is 19.9. The summed E-state index contributed by atoms with van der Waals surface area (Å²) in [5.41, 5.74) is 8.05. The molecule has 0 aliphatic carbocycles. The van der Waals surface area contributed by atoms with Crippen LogP contribution >= 0.6 is 11.3 Å². The number of primary amides is 1. The highest BCUT2D eigenvalue weighted by Gasteiger charge is 2.19. The number of imidazole rings is 1. The van der Waals surface area contributed by atoms with Gasteiger partial charge >= 0.3 is 0 Å². The van der Waals surface area contributed by atoms with Gasteiger partial charge in [0.1, 0.15) is 5.75 Å². The zero-order chi connectivity index (χ0) is 29.4. The Bertz CT molecular complexity index is 1660. The topological polar surface area (TPSA) is 120 Å². The van der Waals surface area contributed by atoms with Gasteiger partial charge in [0.25, 0.3) is 11.8 Å². The van der Waals surface area contributed by atoms with Crippen LogP contribution < -0.4 is 20.7 Å². The minimum Gasteiger partial charge on any atom is -0.496 e. The number of benzene rings is 3. The third-order valence-electron chi connectivity index (χ3n) is 6.32. The van der Waals surface area contributed by atoms with E-state index in [0.29, 0.717) is 28.5 Å². The van der Waals surface area contributed by atoms with Crippen LogP contribution in [-0.4, -0.2) is 41.9 Å². The molecular formula is C31H31N5O4S. The van der Waals surface area contributed by atoms with Crippen LogP contribution in [0.25, 0.3) is 21.5 Å². The molecule has 2 aromatic heterocycles. The average Bonchev–Trinajstić information content (AvgIpc) is 3.62. The number of carbonyl (C=O) groups excluding carboxylic acids is 3. The van der Waals surface area contributed by atoms with Gasteiger partial charge in [-0.1, -0.05) is 37.3 Å². The molecule has 3 amide bonds. The number of ether oxygens (including phenoxy) is 1. The van der Waals surface area contributed by atoms with Crippen molar-refractivity contribution in [3.8, 4) is 16.2 Å². The number of nitrogens with one attached hydrogen (secondary N) is 1. The molecule has 5 rings (SSSR count). The number of thiophene rings is 1. The monoisotopic (exact) mass is 569 g/mol. The number of para-hydroxylation sites is 1. The van der Waals surface area contributed by atoms with Gasteiger partial charge in [-0.05, 0) is 61.0 Å². The molecule has 0 radical (unpaired) electrons. The van der Waals surface area contributed by atoms with Crippen LogP contribution in [0.15, 0.2) is 84.9 Å². The molecule has 0 aliphatic rings. The van der Waals surface area contributed by atoms with Gasteiger partial charge < -0.3 is 19.9 Å². The molecule has 0 aliphatic heterocycles. The van der Waals surface area contributed by atoms with Crippen LogP contribution in [0.3, 0.4) is 0 Å². The lowest BCUT2D eigenvalue weighted by Crippen LogP contribution is -2.26. The summed E-state index contributed by atoms with van der Waals surface area (Å²) in [5, 5.41) is 3.00. The van der Waals surface area contributed by atoms with Crippen LogP contribution in [0.4, 0.5) is 11.6 Å². The van der Waals surface area contributed by atoms with Crippen LogP contribution in [-0.2, 0) is 11.3 Å². The summed E-state index contributed by atoms with van der Waals surface area (Å²) >= 11 is 1.40. The highest BCUT2D eigenvalue weighted by Crippen LogP contribution is 2.35. The molecule has 41 heavy (non-hydrogen) atoms. The summed E-state index contributed by atoms with van der Waals surface area (Å²) in [6.45, 7) is 2.78. The Labute approximate surface area is 242 Å². The second kappa shape index (κ2) is 13.4. The predicted octanol–water partition coefficient (Wildman–Crippen LogP) is 5.81. The van der Waals surface area contributed by atoms with Crippen molar-refractivity contribution < 1.29 is 19.1 Å². The number of hydrogen-bond donors (Lipinski definition) is 2. The number of nitrogens with two attached hydrogens (primary N) is 1. The highest BCUT2D eigenvalue weighted by atomic mass is 32.1. The quantitative estimate of drug-likeness (QED) is 0.229. The van der Waals surface area contributed by atoms with Crippen molar-refractivity contribution in [2.24, 2.45) is 5.73 Å². The van der Waals surface area contributed by atoms with E-state index in [-0.39, 0.29) is 18.2 Å². The van der Waals surface area contributed by atoms with E-state index in [1.54, 1.807) is 31.2 Å². The van der Waals surface area contributed by atoms with Crippen LogP contribution in [0, 0.1) is 0 Å². The second-order valence-corrected chi connectivity index (χ2v) is 10.0. The lowest BCUT2D eigenvalue weighted by molar-refractivity contribution is -0.106. The van der Waals surface area contributed by atoms with E-state index in [1.165, 1.54) is 11.3 Å². The third kappa shape index (κ3) is 6.44. The van der Waals surface area contributed by atoms with Crippen LogP contribution in [0.2, 0.25) is 0 Å². The van der Waals surface area contributed by atoms with Gasteiger partial charge in [-0.2, -0.15) is 0 Å². The van der Waals surface area contributed by atoms with Crippen molar-refractivity contribution >= 4 is 52.2 Å². The SMILES string of the molecule is CCCn1c(NC(=O)c2ccc(-c3ccccc3OC)s2)nc2cc(N(C)C(=O)c3ccccc3)ccc21.NC=O. The van der Waals surface area contributed by atoms with Gasteiger partial charge in [-0.25, -0.2) is 4.98 Å². The summed E-state index contributed by atoms with van der Waals surface area (Å²) in [6, 6.07) is 26.4. The first-order valence-electron chi connectivity index (χ1n) is 12.9. The minimum absolute atomic E-state index is 0.102. The molecule has 9 nitrogen and oxygen atoms in total. The number of aromatic nitrogens is 2. The molecular weight excluding hydrogens is 538 g/mol. The second-order valence-electron chi connectivity index (χ2n) is 8.94.